The Kier molecular flexibility index (Phi) is 4.34. The molecule has 0 aromatic heterocycles. The van der Waals surface area contributed by atoms with Crippen molar-refractivity contribution in [1.82, 2.24) is 0 Å². The minimum absolute atomic E-state index is 0.173. The first-order valence-corrected chi connectivity index (χ1v) is 6.57. The van der Waals surface area contributed by atoms with Crippen LogP contribution < -0.4 is 10.5 Å². The lowest BCUT2D eigenvalue weighted by molar-refractivity contribution is -0.275. The number of hydrogen-bond acceptors (Lipinski definition) is 2. The number of para-hydroxylation sites is 1. The number of nitrogens with two attached hydrogens (primary N) is 1. The number of halogens is 3. The van der Waals surface area contributed by atoms with Crippen molar-refractivity contribution in [2.24, 2.45) is 11.7 Å². The first-order chi connectivity index (χ1) is 8.97. The molecule has 0 bridgehead atoms. The number of ether oxygens (including phenoxy) is 1. The molecule has 106 valence electrons. The average molecular weight is 273 g/mol. The molecule has 0 heterocycles. The van der Waals surface area contributed by atoms with Crippen LogP contribution in [0.2, 0.25) is 0 Å². The normalized spacial score (nSPS) is 19.2. The minimum Gasteiger partial charge on any atom is -0.405 e. The Morgan fingerprint density at radius 2 is 1.74 bits per heavy atom. The molecule has 5 heteroatoms. The number of alkyl halides is 3. The van der Waals surface area contributed by atoms with E-state index in [0.29, 0.717) is 5.56 Å². The van der Waals surface area contributed by atoms with Crippen LogP contribution in [0.25, 0.3) is 0 Å². The molecule has 1 fully saturated rings. The highest BCUT2D eigenvalue weighted by Crippen LogP contribution is 2.37. The summed E-state index contributed by atoms with van der Waals surface area (Å²) in [5.74, 6) is 0.0693. The highest BCUT2D eigenvalue weighted by Gasteiger charge is 2.33. The molecule has 2 N–H and O–H groups in total. The van der Waals surface area contributed by atoms with Crippen molar-refractivity contribution in [3.8, 4) is 5.75 Å². The Hall–Kier alpha value is -1.23. The van der Waals surface area contributed by atoms with Crippen molar-refractivity contribution in [2.45, 2.75) is 44.5 Å². The zero-order chi connectivity index (χ0) is 13.9. The molecular weight excluding hydrogens is 255 g/mol. The third-order valence-electron chi connectivity index (χ3n) is 3.66. The average Bonchev–Trinajstić information content (AvgIpc) is 2.38. The van der Waals surface area contributed by atoms with Gasteiger partial charge in [0.15, 0.2) is 0 Å². The van der Waals surface area contributed by atoms with Gasteiger partial charge in [-0.05, 0) is 24.8 Å². The smallest absolute Gasteiger partial charge is 0.405 e. The lowest BCUT2D eigenvalue weighted by Crippen LogP contribution is -2.25. The number of hydrogen-bond donors (Lipinski definition) is 1. The molecule has 0 aliphatic heterocycles. The van der Waals surface area contributed by atoms with E-state index in [1.807, 2.05) is 0 Å². The minimum atomic E-state index is -4.68. The summed E-state index contributed by atoms with van der Waals surface area (Å²) in [4.78, 5) is 0. The first-order valence-electron chi connectivity index (χ1n) is 6.57. The van der Waals surface area contributed by atoms with Crippen LogP contribution in [0.5, 0.6) is 5.75 Å². The van der Waals surface area contributed by atoms with Crippen molar-refractivity contribution in [3.63, 3.8) is 0 Å². The van der Waals surface area contributed by atoms with Crippen LogP contribution in [0.15, 0.2) is 24.3 Å². The van der Waals surface area contributed by atoms with E-state index in [4.69, 9.17) is 5.73 Å². The van der Waals surface area contributed by atoms with Gasteiger partial charge in [0.05, 0.1) is 0 Å². The Balaban J connectivity index is 2.18. The monoisotopic (exact) mass is 273 g/mol. The summed E-state index contributed by atoms with van der Waals surface area (Å²) in [5, 5.41) is 0. The summed E-state index contributed by atoms with van der Waals surface area (Å²) in [6.07, 6.45) is 0.649. The molecule has 2 nitrogen and oxygen atoms in total. The fraction of sp³-hybridized carbons (Fsp3) is 0.571. The predicted octanol–water partition coefficient (Wildman–Crippen LogP) is 4.17. The topological polar surface area (TPSA) is 35.2 Å². The zero-order valence-corrected chi connectivity index (χ0v) is 10.6. The molecule has 0 amide bonds. The maximum atomic E-state index is 12.4. The van der Waals surface area contributed by atoms with Crippen molar-refractivity contribution in [2.75, 3.05) is 0 Å². The molecule has 2 rings (SSSR count). The van der Waals surface area contributed by atoms with Crippen LogP contribution in [0, 0.1) is 5.92 Å². The fourth-order valence-corrected chi connectivity index (χ4v) is 2.72. The Bertz CT molecular complexity index is 413. The second-order valence-corrected chi connectivity index (χ2v) is 5.01. The van der Waals surface area contributed by atoms with Crippen LogP contribution in [0.4, 0.5) is 13.2 Å². The first kappa shape index (κ1) is 14.2. The summed E-state index contributed by atoms with van der Waals surface area (Å²) in [5.41, 5.74) is 6.59. The molecule has 0 radical (unpaired) electrons. The Morgan fingerprint density at radius 1 is 1.11 bits per heavy atom. The van der Waals surface area contributed by atoms with Gasteiger partial charge in [0.1, 0.15) is 5.75 Å². The van der Waals surface area contributed by atoms with E-state index >= 15 is 0 Å². The van der Waals surface area contributed by atoms with E-state index in [9.17, 15) is 13.2 Å². The third-order valence-corrected chi connectivity index (χ3v) is 3.66. The second-order valence-electron chi connectivity index (χ2n) is 5.01. The van der Waals surface area contributed by atoms with E-state index in [2.05, 4.69) is 4.74 Å². The lowest BCUT2D eigenvalue weighted by Gasteiger charge is -2.28. The van der Waals surface area contributed by atoms with Gasteiger partial charge < -0.3 is 10.5 Å². The van der Waals surface area contributed by atoms with Crippen LogP contribution in [0.3, 0.4) is 0 Å². The van der Waals surface area contributed by atoms with Gasteiger partial charge in [-0.15, -0.1) is 13.2 Å². The predicted molar refractivity (Wildman–Crippen MR) is 66.6 cm³/mol. The zero-order valence-electron chi connectivity index (χ0n) is 10.6. The highest BCUT2D eigenvalue weighted by atomic mass is 19.4. The summed E-state index contributed by atoms with van der Waals surface area (Å²) < 4.78 is 41.2. The summed E-state index contributed by atoms with van der Waals surface area (Å²) in [7, 11) is 0. The van der Waals surface area contributed by atoms with Crippen molar-refractivity contribution in [3.05, 3.63) is 29.8 Å². The van der Waals surface area contributed by atoms with Gasteiger partial charge in [-0.1, -0.05) is 37.5 Å². The van der Waals surface area contributed by atoms with E-state index in [1.165, 1.54) is 18.6 Å². The molecule has 0 unspecified atom stereocenters. The standard InChI is InChI=1S/C14H18F3NO/c15-14(16,17)19-12-9-5-4-8-11(12)13(18)10-6-2-1-3-7-10/h4-5,8-10,13H,1-3,6-7,18H2/t13-/m1/s1. The molecular formula is C14H18F3NO. The maximum Gasteiger partial charge on any atom is 0.573 e. The van der Waals surface area contributed by atoms with Crippen molar-refractivity contribution < 1.29 is 17.9 Å². The molecule has 1 aliphatic rings. The molecule has 1 aliphatic carbocycles. The largest absolute Gasteiger partial charge is 0.573 e. The summed E-state index contributed by atoms with van der Waals surface area (Å²) in [6, 6.07) is 5.78. The molecule has 0 saturated heterocycles. The summed E-state index contributed by atoms with van der Waals surface area (Å²) >= 11 is 0. The lowest BCUT2D eigenvalue weighted by atomic mass is 9.81. The van der Waals surface area contributed by atoms with Crippen molar-refractivity contribution in [1.29, 1.82) is 0 Å². The van der Waals surface area contributed by atoms with Crippen LogP contribution >= 0.6 is 0 Å². The second kappa shape index (κ2) is 5.82. The highest BCUT2D eigenvalue weighted by molar-refractivity contribution is 5.36. The van der Waals surface area contributed by atoms with Crippen LogP contribution in [0.1, 0.15) is 43.7 Å². The van der Waals surface area contributed by atoms with Gasteiger partial charge in [0, 0.05) is 11.6 Å². The van der Waals surface area contributed by atoms with E-state index in [-0.39, 0.29) is 17.7 Å². The number of benzene rings is 1. The van der Waals surface area contributed by atoms with E-state index < -0.39 is 6.36 Å². The van der Waals surface area contributed by atoms with Gasteiger partial charge in [0.2, 0.25) is 0 Å². The van der Waals surface area contributed by atoms with Gasteiger partial charge >= 0.3 is 6.36 Å². The molecule has 1 aromatic rings. The van der Waals surface area contributed by atoms with E-state index in [1.54, 1.807) is 12.1 Å². The SMILES string of the molecule is N[C@@H](c1ccccc1OC(F)(F)F)C1CCCCC1. The summed E-state index contributed by atoms with van der Waals surface area (Å²) in [6.45, 7) is 0. The molecule has 1 saturated carbocycles. The third kappa shape index (κ3) is 3.86. The van der Waals surface area contributed by atoms with Crippen LogP contribution in [-0.4, -0.2) is 6.36 Å². The molecule has 19 heavy (non-hydrogen) atoms. The van der Waals surface area contributed by atoms with Gasteiger partial charge in [0.25, 0.3) is 0 Å². The van der Waals surface area contributed by atoms with Gasteiger partial charge in [-0.25, -0.2) is 0 Å². The maximum absolute atomic E-state index is 12.4. The fourth-order valence-electron chi connectivity index (χ4n) is 2.72. The van der Waals surface area contributed by atoms with Gasteiger partial charge in [-0.3, -0.25) is 0 Å². The number of rotatable bonds is 3. The Morgan fingerprint density at radius 3 is 2.37 bits per heavy atom. The van der Waals surface area contributed by atoms with Gasteiger partial charge in [-0.2, -0.15) is 0 Å². The molecule has 0 spiro atoms. The quantitative estimate of drug-likeness (QED) is 0.897. The molecule has 1 aromatic carbocycles. The van der Waals surface area contributed by atoms with Crippen molar-refractivity contribution >= 4 is 0 Å². The van der Waals surface area contributed by atoms with E-state index in [0.717, 1.165) is 25.7 Å². The molecule has 1 atom stereocenters. The Labute approximate surface area is 110 Å². The van der Waals surface area contributed by atoms with Crippen LogP contribution in [-0.2, 0) is 0 Å².